The minimum absolute atomic E-state index is 0.0324. The topological polar surface area (TPSA) is 87.2 Å². The van der Waals surface area contributed by atoms with Crippen LogP contribution in [0.2, 0.25) is 0 Å². The molecular formula is C26H25F3N6O2. The average molecular weight is 511 g/mol. The minimum Gasteiger partial charge on any atom is -0.357 e. The molecule has 11 heteroatoms. The second kappa shape index (κ2) is 9.52. The standard InChI is InChI=1S/C26H25F3N6O2/c1-15-5-19(10-31-9-15)35-25(36)20(6-16-7-21(27)23(29)22(28)8-16)24(34(4-3-30)26(35)37)33-13-17-11-32(2)12-18(17)14-33/h5,7-10,17-18H,4,6,11-14H2,1-2H3/t17-,18+. The van der Waals surface area contributed by atoms with Crippen molar-refractivity contribution in [2.45, 2.75) is 19.9 Å². The quantitative estimate of drug-likeness (QED) is 0.490. The summed E-state index contributed by atoms with van der Waals surface area (Å²) >= 11 is 0. The largest absolute Gasteiger partial charge is 0.357 e. The molecule has 8 nitrogen and oxygen atoms in total. The molecule has 2 saturated heterocycles. The molecule has 2 atom stereocenters. The van der Waals surface area contributed by atoms with Crippen molar-refractivity contribution in [3.63, 3.8) is 0 Å². The van der Waals surface area contributed by atoms with Gasteiger partial charge in [-0.05, 0) is 55.1 Å². The summed E-state index contributed by atoms with van der Waals surface area (Å²) < 4.78 is 43.9. The number of rotatable bonds is 5. The molecule has 0 bridgehead atoms. The first-order valence-electron chi connectivity index (χ1n) is 11.9. The van der Waals surface area contributed by atoms with Gasteiger partial charge in [0.25, 0.3) is 5.56 Å². The molecule has 0 spiro atoms. The molecule has 1 aromatic carbocycles. The van der Waals surface area contributed by atoms with Crippen LogP contribution in [-0.4, -0.2) is 52.2 Å². The van der Waals surface area contributed by atoms with Crippen LogP contribution in [0.3, 0.4) is 0 Å². The number of aryl methyl sites for hydroxylation is 1. The lowest BCUT2D eigenvalue weighted by atomic mass is 10.0. The second-order valence-electron chi connectivity index (χ2n) is 9.89. The maximum Gasteiger partial charge on any atom is 0.338 e. The summed E-state index contributed by atoms with van der Waals surface area (Å²) in [5, 5.41) is 9.59. The van der Waals surface area contributed by atoms with Gasteiger partial charge in [-0.1, -0.05) is 0 Å². The number of aromatic nitrogens is 3. The molecule has 0 amide bonds. The third-order valence-electron chi connectivity index (χ3n) is 7.15. The van der Waals surface area contributed by atoms with Gasteiger partial charge in [0, 0.05) is 38.8 Å². The summed E-state index contributed by atoms with van der Waals surface area (Å²) in [6, 6.07) is 5.30. The number of fused-ring (bicyclic) bond motifs is 1. The van der Waals surface area contributed by atoms with Gasteiger partial charge in [0.1, 0.15) is 12.4 Å². The van der Waals surface area contributed by atoms with Crippen molar-refractivity contribution >= 4 is 5.82 Å². The molecule has 2 fully saturated rings. The van der Waals surface area contributed by atoms with Crippen LogP contribution >= 0.6 is 0 Å². The van der Waals surface area contributed by atoms with Crippen molar-refractivity contribution in [2.75, 3.05) is 38.1 Å². The predicted octanol–water partition coefficient (Wildman–Crippen LogP) is 2.23. The molecule has 2 aromatic heterocycles. The summed E-state index contributed by atoms with van der Waals surface area (Å²) in [7, 11) is 2.04. The first-order valence-corrected chi connectivity index (χ1v) is 11.9. The van der Waals surface area contributed by atoms with Gasteiger partial charge in [0.15, 0.2) is 17.5 Å². The van der Waals surface area contributed by atoms with E-state index in [4.69, 9.17) is 0 Å². The fourth-order valence-electron chi connectivity index (χ4n) is 5.62. The van der Waals surface area contributed by atoms with Crippen molar-refractivity contribution in [1.82, 2.24) is 19.0 Å². The van der Waals surface area contributed by atoms with E-state index < -0.39 is 28.7 Å². The van der Waals surface area contributed by atoms with Gasteiger partial charge < -0.3 is 9.80 Å². The van der Waals surface area contributed by atoms with Crippen LogP contribution in [0.1, 0.15) is 16.7 Å². The molecule has 2 aliphatic rings. The van der Waals surface area contributed by atoms with Crippen molar-refractivity contribution in [3.8, 4) is 11.8 Å². The summed E-state index contributed by atoms with van der Waals surface area (Å²) in [6.07, 6.45) is 2.67. The van der Waals surface area contributed by atoms with E-state index in [9.17, 15) is 28.0 Å². The van der Waals surface area contributed by atoms with Crippen molar-refractivity contribution in [3.05, 3.63) is 85.6 Å². The van der Waals surface area contributed by atoms with Gasteiger partial charge in [-0.15, -0.1) is 0 Å². The van der Waals surface area contributed by atoms with E-state index in [-0.39, 0.29) is 35.6 Å². The Balaban J connectivity index is 1.74. The highest BCUT2D eigenvalue weighted by Crippen LogP contribution is 2.34. The Morgan fingerprint density at radius 2 is 1.68 bits per heavy atom. The Morgan fingerprint density at radius 3 is 2.27 bits per heavy atom. The Hall–Kier alpha value is -3.91. The lowest BCUT2D eigenvalue weighted by Gasteiger charge is -2.27. The zero-order valence-electron chi connectivity index (χ0n) is 20.4. The Morgan fingerprint density at radius 1 is 1.03 bits per heavy atom. The maximum absolute atomic E-state index is 14.1. The van der Waals surface area contributed by atoms with E-state index in [2.05, 4.69) is 9.88 Å². The molecule has 3 aromatic rings. The van der Waals surface area contributed by atoms with Crippen molar-refractivity contribution in [1.29, 1.82) is 5.26 Å². The highest BCUT2D eigenvalue weighted by Gasteiger charge is 2.40. The van der Waals surface area contributed by atoms with E-state index in [0.29, 0.717) is 30.5 Å². The van der Waals surface area contributed by atoms with Crippen LogP contribution in [0.25, 0.3) is 5.69 Å². The van der Waals surface area contributed by atoms with Crippen molar-refractivity contribution < 1.29 is 13.2 Å². The minimum atomic E-state index is -1.60. The van der Waals surface area contributed by atoms with E-state index in [1.54, 1.807) is 19.2 Å². The van der Waals surface area contributed by atoms with Gasteiger partial charge in [-0.25, -0.2) is 22.5 Å². The average Bonchev–Trinajstić information content (AvgIpc) is 3.38. The molecule has 5 rings (SSSR count). The summed E-state index contributed by atoms with van der Waals surface area (Å²) in [4.78, 5) is 35.8. The number of halogens is 3. The summed E-state index contributed by atoms with van der Waals surface area (Å²) in [6.45, 7) is 4.27. The molecule has 37 heavy (non-hydrogen) atoms. The Bertz CT molecular complexity index is 1510. The van der Waals surface area contributed by atoms with Crippen LogP contribution in [0, 0.1) is 47.5 Å². The third-order valence-corrected chi connectivity index (χ3v) is 7.15. The van der Waals surface area contributed by atoms with Gasteiger partial charge >= 0.3 is 5.69 Å². The monoisotopic (exact) mass is 510 g/mol. The first-order chi connectivity index (χ1) is 17.7. The summed E-state index contributed by atoms with van der Waals surface area (Å²) in [5.41, 5.74) is -0.337. The maximum atomic E-state index is 14.1. The highest BCUT2D eigenvalue weighted by atomic mass is 19.2. The second-order valence-corrected chi connectivity index (χ2v) is 9.89. The number of nitrogens with zero attached hydrogens (tertiary/aromatic N) is 6. The van der Waals surface area contributed by atoms with Crippen LogP contribution < -0.4 is 16.1 Å². The number of hydrogen-bond acceptors (Lipinski definition) is 6. The van der Waals surface area contributed by atoms with E-state index in [1.165, 1.54) is 10.8 Å². The van der Waals surface area contributed by atoms with Crippen LogP contribution in [0.4, 0.5) is 19.0 Å². The number of likely N-dealkylation sites (tertiary alicyclic amines) is 1. The lowest BCUT2D eigenvalue weighted by molar-refractivity contribution is 0.386. The molecule has 192 valence electrons. The highest BCUT2D eigenvalue weighted by molar-refractivity contribution is 5.52. The Labute approximate surface area is 210 Å². The van der Waals surface area contributed by atoms with Gasteiger partial charge in [-0.3, -0.25) is 14.3 Å². The lowest BCUT2D eigenvalue weighted by Crippen LogP contribution is -2.44. The zero-order valence-corrected chi connectivity index (χ0v) is 20.4. The van der Waals surface area contributed by atoms with Crippen molar-refractivity contribution in [2.24, 2.45) is 11.8 Å². The molecule has 0 N–H and O–H groups in total. The first kappa shape index (κ1) is 24.8. The van der Waals surface area contributed by atoms with Gasteiger partial charge in [-0.2, -0.15) is 5.26 Å². The molecule has 4 heterocycles. The van der Waals surface area contributed by atoms with Gasteiger partial charge in [0.2, 0.25) is 0 Å². The van der Waals surface area contributed by atoms with E-state index in [0.717, 1.165) is 29.8 Å². The number of pyridine rings is 1. The number of benzene rings is 1. The third kappa shape index (κ3) is 4.42. The van der Waals surface area contributed by atoms with Crippen LogP contribution in [0.15, 0.2) is 40.2 Å². The summed E-state index contributed by atoms with van der Waals surface area (Å²) in [5.74, 6) is -3.46. The molecule has 0 saturated carbocycles. The number of nitriles is 1. The predicted molar refractivity (Wildman–Crippen MR) is 130 cm³/mol. The fraction of sp³-hybridized carbons (Fsp3) is 0.385. The van der Waals surface area contributed by atoms with E-state index >= 15 is 0 Å². The van der Waals surface area contributed by atoms with Gasteiger partial charge in [0.05, 0.1) is 23.5 Å². The molecule has 0 unspecified atom stereocenters. The van der Waals surface area contributed by atoms with Crippen LogP contribution in [0.5, 0.6) is 0 Å². The fourth-order valence-corrected chi connectivity index (χ4v) is 5.62. The molecular weight excluding hydrogens is 485 g/mol. The number of anilines is 1. The number of hydrogen-bond donors (Lipinski definition) is 0. The molecule has 0 aliphatic carbocycles. The Kier molecular flexibility index (Phi) is 6.37. The molecule has 2 aliphatic heterocycles. The normalized spacial score (nSPS) is 19.3. The zero-order chi connectivity index (χ0) is 26.4. The smallest absolute Gasteiger partial charge is 0.338 e. The van der Waals surface area contributed by atoms with Crippen LogP contribution in [-0.2, 0) is 13.0 Å². The molecule has 0 radical (unpaired) electrons. The SMILES string of the molecule is Cc1cncc(-n2c(=O)c(Cc3cc(F)c(F)c(F)c3)c(N3C[C@H]4CN(C)C[C@H]4C3)n(CC#N)c2=O)c1. The van der Waals surface area contributed by atoms with E-state index in [1.807, 2.05) is 18.0 Å².